The monoisotopic (exact) mass is 427 g/mol. The lowest BCUT2D eigenvalue weighted by atomic mass is 9.98. The summed E-state index contributed by atoms with van der Waals surface area (Å²) in [6, 6.07) is 6.86. The van der Waals surface area contributed by atoms with Crippen molar-refractivity contribution in [2.24, 2.45) is 5.92 Å². The SMILES string of the molecule is CC(C)(C)N1CCN(c2ccc(CC(C#N)NC(=O)C3NC4CCC3C4)c(F)c2)CC1. The van der Waals surface area contributed by atoms with Crippen LogP contribution in [-0.4, -0.2) is 60.7 Å². The van der Waals surface area contributed by atoms with Crippen molar-refractivity contribution in [1.82, 2.24) is 15.5 Å². The van der Waals surface area contributed by atoms with Gasteiger partial charge in [0, 0.05) is 49.9 Å². The molecule has 4 rings (SSSR count). The van der Waals surface area contributed by atoms with E-state index in [1.165, 1.54) is 0 Å². The molecule has 3 fully saturated rings. The number of amides is 1. The van der Waals surface area contributed by atoms with E-state index in [1.807, 2.05) is 6.07 Å². The van der Waals surface area contributed by atoms with Crippen molar-refractivity contribution in [2.75, 3.05) is 31.1 Å². The fraction of sp³-hybridized carbons (Fsp3) is 0.667. The Morgan fingerprint density at radius 3 is 2.58 bits per heavy atom. The van der Waals surface area contributed by atoms with Crippen LogP contribution in [0, 0.1) is 23.1 Å². The van der Waals surface area contributed by atoms with Crippen LogP contribution in [0.1, 0.15) is 45.6 Å². The highest BCUT2D eigenvalue weighted by atomic mass is 19.1. The number of piperidine rings is 1. The van der Waals surface area contributed by atoms with E-state index in [0.717, 1.165) is 51.1 Å². The predicted molar refractivity (Wildman–Crippen MR) is 119 cm³/mol. The van der Waals surface area contributed by atoms with Crippen molar-refractivity contribution in [3.63, 3.8) is 0 Å². The smallest absolute Gasteiger partial charge is 0.238 e. The Morgan fingerprint density at radius 1 is 1.29 bits per heavy atom. The number of fused-ring (bicyclic) bond motifs is 2. The second-order valence-corrected chi connectivity index (χ2v) is 10.2. The minimum Gasteiger partial charge on any atom is -0.369 e. The van der Waals surface area contributed by atoms with Crippen LogP contribution >= 0.6 is 0 Å². The van der Waals surface area contributed by atoms with Crippen molar-refractivity contribution < 1.29 is 9.18 Å². The number of hydrogen-bond donors (Lipinski definition) is 2. The number of carbonyl (C=O) groups excluding carboxylic acids is 1. The van der Waals surface area contributed by atoms with Crippen LogP contribution < -0.4 is 15.5 Å². The summed E-state index contributed by atoms with van der Waals surface area (Å²) in [6.07, 6.45) is 3.40. The first-order valence-corrected chi connectivity index (χ1v) is 11.5. The number of anilines is 1. The lowest BCUT2D eigenvalue weighted by Crippen LogP contribution is -2.53. The Bertz CT molecular complexity index is 853. The lowest BCUT2D eigenvalue weighted by molar-refractivity contribution is -0.124. The lowest BCUT2D eigenvalue weighted by Gasteiger charge is -2.43. The van der Waals surface area contributed by atoms with Gasteiger partial charge in [0.1, 0.15) is 11.9 Å². The highest BCUT2D eigenvalue weighted by Gasteiger charge is 2.43. The second-order valence-electron chi connectivity index (χ2n) is 10.2. The van der Waals surface area contributed by atoms with Crippen LogP contribution in [-0.2, 0) is 11.2 Å². The fourth-order valence-corrected chi connectivity index (χ4v) is 5.29. The number of carbonyl (C=O) groups is 1. The molecule has 7 heteroatoms. The first kappa shape index (κ1) is 22.0. The Morgan fingerprint density at radius 2 is 2.03 bits per heavy atom. The number of hydrogen-bond acceptors (Lipinski definition) is 5. The van der Waals surface area contributed by atoms with Gasteiger partial charge >= 0.3 is 0 Å². The molecule has 4 atom stereocenters. The minimum atomic E-state index is -0.732. The average molecular weight is 428 g/mol. The zero-order valence-corrected chi connectivity index (χ0v) is 18.8. The summed E-state index contributed by atoms with van der Waals surface area (Å²) in [7, 11) is 0. The van der Waals surface area contributed by atoms with Crippen LogP contribution in [0.15, 0.2) is 18.2 Å². The van der Waals surface area contributed by atoms with E-state index in [-0.39, 0.29) is 29.7 Å². The molecule has 6 nitrogen and oxygen atoms in total. The third-order valence-electron chi connectivity index (χ3n) is 7.17. The zero-order chi connectivity index (χ0) is 22.2. The quantitative estimate of drug-likeness (QED) is 0.755. The fourth-order valence-electron chi connectivity index (χ4n) is 5.29. The number of nitriles is 1. The van der Waals surface area contributed by atoms with Crippen LogP contribution in [0.25, 0.3) is 0 Å². The molecule has 31 heavy (non-hydrogen) atoms. The summed E-state index contributed by atoms with van der Waals surface area (Å²) >= 11 is 0. The van der Waals surface area contributed by atoms with E-state index < -0.39 is 6.04 Å². The summed E-state index contributed by atoms with van der Waals surface area (Å²) in [5, 5.41) is 15.7. The number of halogens is 1. The Balaban J connectivity index is 1.34. The van der Waals surface area contributed by atoms with Crippen LogP contribution in [0.4, 0.5) is 10.1 Å². The molecular formula is C24H34FN5O. The molecule has 2 N–H and O–H groups in total. The van der Waals surface area contributed by atoms with Gasteiger partial charge in [0.15, 0.2) is 0 Å². The molecule has 0 radical (unpaired) electrons. The van der Waals surface area contributed by atoms with Crippen molar-refractivity contribution in [3.8, 4) is 6.07 Å². The molecule has 2 bridgehead atoms. The van der Waals surface area contributed by atoms with Gasteiger partial charge in [0.2, 0.25) is 5.91 Å². The topological polar surface area (TPSA) is 71.4 Å². The highest BCUT2D eigenvalue weighted by Crippen LogP contribution is 2.35. The number of nitrogens with zero attached hydrogens (tertiary/aromatic N) is 3. The molecule has 2 saturated heterocycles. The van der Waals surface area contributed by atoms with Crippen molar-refractivity contribution in [3.05, 3.63) is 29.6 Å². The van der Waals surface area contributed by atoms with Crippen LogP contribution in [0.3, 0.4) is 0 Å². The summed E-state index contributed by atoms with van der Waals surface area (Å²) in [4.78, 5) is 17.3. The number of piperazine rings is 1. The zero-order valence-electron chi connectivity index (χ0n) is 18.8. The standard InChI is InChI=1S/C24H34FN5O/c1-24(2,3)30-10-8-29(9-11-30)20-7-5-16(21(25)14-20)12-19(15-26)28-23(31)22-17-4-6-18(13-17)27-22/h5,7,14,17-19,22,27H,4,6,8-13H2,1-3H3,(H,28,31). The number of benzene rings is 1. The Labute approximate surface area is 184 Å². The molecule has 1 saturated carbocycles. The molecule has 2 aliphatic heterocycles. The molecule has 2 heterocycles. The average Bonchev–Trinajstić information content (AvgIpc) is 3.37. The largest absolute Gasteiger partial charge is 0.369 e. The van der Waals surface area contributed by atoms with E-state index >= 15 is 0 Å². The first-order valence-electron chi connectivity index (χ1n) is 11.5. The van der Waals surface area contributed by atoms with Crippen LogP contribution in [0.5, 0.6) is 0 Å². The third kappa shape index (κ3) is 4.86. The van der Waals surface area contributed by atoms with Crippen molar-refractivity contribution in [1.29, 1.82) is 5.26 Å². The van der Waals surface area contributed by atoms with Crippen molar-refractivity contribution in [2.45, 2.75) is 70.1 Å². The van der Waals surface area contributed by atoms with E-state index in [2.05, 4.69) is 47.3 Å². The van der Waals surface area contributed by atoms with Gasteiger partial charge in [-0.05, 0) is 63.6 Å². The second kappa shape index (κ2) is 8.76. The Kier molecular flexibility index (Phi) is 6.23. The van der Waals surface area contributed by atoms with E-state index in [1.54, 1.807) is 12.1 Å². The molecule has 1 amide bonds. The molecule has 3 aliphatic rings. The highest BCUT2D eigenvalue weighted by molar-refractivity contribution is 5.83. The maximum atomic E-state index is 14.9. The van der Waals surface area contributed by atoms with Crippen molar-refractivity contribution >= 4 is 11.6 Å². The summed E-state index contributed by atoms with van der Waals surface area (Å²) in [6.45, 7) is 10.3. The van der Waals surface area contributed by atoms with Gasteiger partial charge < -0.3 is 15.5 Å². The van der Waals surface area contributed by atoms with E-state index in [9.17, 15) is 14.4 Å². The number of nitrogens with one attached hydrogen (secondary N) is 2. The van der Waals surface area contributed by atoms with Gasteiger partial charge in [0.25, 0.3) is 0 Å². The molecule has 1 aliphatic carbocycles. The van der Waals surface area contributed by atoms with E-state index in [0.29, 0.717) is 17.5 Å². The summed E-state index contributed by atoms with van der Waals surface area (Å²) in [5.74, 6) is -0.0880. The normalized spacial score (nSPS) is 27.2. The van der Waals surface area contributed by atoms with Gasteiger partial charge in [-0.1, -0.05) is 6.07 Å². The summed E-state index contributed by atoms with van der Waals surface area (Å²) < 4.78 is 14.9. The molecule has 0 spiro atoms. The molecule has 4 unspecified atom stereocenters. The molecular weight excluding hydrogens is 393 g/mol. The molecule has 0 aromatic heterocycles. The number of rotatable bonds is 5. The predicted octanol–water partition coefficient (Wildman–Crippen LogP) is 2.44. The van der Waals surface area contributed by atoms with Gasteiger partial charge in [-0.25, -0.2) is 4.39 Å². The maximum absolute atomic E-state index is 14.9. The van der Waals surface area contributed by atoms with Crippen LogP contribution in [0.2, 0.25) is 0 Å². The van der Waals surface area contributed by atoms with Gasteiger partial charge in [-0.3, -0.25) is 9.69 Å². The minimum absolute atomic E-state index is 0.132. The van der Waals surface area contributed by atoms with Gasteiger partial charge in [0.05, 0.1) is 12.1 Å². The van der Waals surface area contributed by atoms with Gasteiger partial charge in [-0.15, -0.1) is 0 Å². The molecule has 168 valence electrons. The van der Waals surface area contributed by atoms with Gasteiger partial charge in [-0.2, -0.15) is 5.26 Å². The Hall–Kier alpha value is -2.17. The van der Waals surface area contributed by atoms with E-state index in [4.69, 9.17) is 0 Å². The molecule has 1 aromatic rings. The molecule has 1 aromatic carbocycles. The summed E-state index contributed by atoms with van der Waals surface area (Å²) in [5.41, 5.74) is 1.48. The third-order valence-corrected chi connectivity index (χ3v) is 7.17. The first-order chi connectivity index (χ1) is 14.7. The maximum Gasteiger partial charge on any atom is 0.238 e.